The first-order valence-corrected chi connectivity index (χ1v) is 14.9. The third kappa shape index (κ3) is 3.02. The zero-order chi connectivity index (χ0) is 27.7. The largest absolute Gasteiger partial charge is 0.365 e. The lowest BCUT2D eigenvalue weighted by molar-refractivity contribution is -0.174. The quantitative estimate of drug-likeness (QED) is 0.333. The number of Topliss-reactive ketones (excluding diaryl/α,β-unsaturated/α-hetero) is 1. The summed E-state index contributed by atoms with van der Waals surface area (Å²) in [5.41, 5.74) is 0.501. The van der Waals surface area contributed by atoms with Gasteiger partial charge in [0.15, 0.2) is 5.78 Å². The van der Waals surface area contributed by atoms with E-state index in [0.717, 1.165) is 44.9 Å². The van der Waals surface area contributed by atoms with Crippen molar-refractivity contribution < 1.29 is 14.3 Å². The topological polar surface area (TPSA) is 82.5 Å². The Kier molecular flexibility index (Phi) is 5.28. The van der Waals surface area contributed by atoms with E-state index in [1.165, 1.54) is 5.57 Å². The number of carbonyl (C=O) groups is 2. The van der Waals surface area contributed by atoms with Crippen molar-refractivity contribution in [3.8, 4) is 6.07 Å². The summed E-state index contributed by atoms with van der Waals surface area (Å²) < 4.78 is 6.55. The molecule has 1 saturated heterocycles. The number of hydrogen-bond donors (Lipinski definition) is 1. The van der Waals surface area contributed by atoms with E-state index in [2.05, 4.69) is 52.1 Å². The summed E-state index contributed by atoms with van der Waals surface area (Å²) in [4.78, 5) is 27.0. The molecule has 0 aromatic carbocycles. The maximum Gasteiger partial charge on any atom is 0.226 e. The molecular weight excluding hydrogens is 472 g/mol. The van der Waals surface area contributed by atoms with Crippen molar-refractivity contribution in [1.82, 2.24) is 5.32 Å². The summed E-state index contributed by atoms with van der Waals surface area (Å²) in [5.74, 6) is 0.949. The van der Waals surface area contributed by atoms with Crippen molar-refractivity contribution in [2.45, 2.75) is 106 Å². The van der Waals surface area contributed by atoms with Crippen LogP contribution >= 0.6 is 0 Å². The Morgan fingerprint density at radius 3 is 2.39 bits per heavy atom. The minimum Gasteiger partial charge on any atom is -0.365 e. The highest BCUT2D eigenvalue weighted by Crippen LogP contribution is 2.75. The summed E-state index contributed by atoms with van der Waals surface area (Å²) in [6.45, 7) is 16.1. The van der Waals surface area contributed by atoms with E-state index in [1.807, 2.05) is 19.9 Å². The van der Waals surface area contributed by atoms with Gasteiger partial charge in [0.05, 0.1) is 17.1 Å². The molecule has 0 aromatic rings. The van der Waals surface area contributed by atoms with Crippen LogP contribution in [0.5, 0.6) is 0 Å². The number of nitrogens with one attached hydrogen (secondary N) is 1. The van der Waals surface area contributed by atoms with Gasteiger partial charge >= 0.3 is 0 Å². The molecule has 5 nitrogen and oxygen atoms in total. The molecule has 0 spiro atoms. The zero-order valence-corrected chi connectivity index (χ0v) is 24.7. The van der Waals surface area contributed by atoms with E-state index >= 15 is 0 Å². The van der Waals surface area contributed by atoms with Crippen LogP contribution in [0.25, 0.3) is 0 Å². The van der Waals surface area contributed by atoms with Crippen molar-refractivity contribution in [3.63, 3.8) is 0 Å². The number of nitriles is 1. The highest BCUT2D eigenvalue weighted by Gasteiger charge is 2.73. The molecule has 1 N–H and O–H groups in total. The van der Waals surface area contributed by atoms with E-state index in [-0.39, 0.29) is 62.8 Å². The van der Waals surface area contributed by atoms with Gasteiger partial charge < -0.3 is 10.1 Å². The average Bonchev–Trinajstić information content (AvgIpc) is 3.61. The number of carbonyl (C=O) groups excluding carboxylic acids is 2. The van der Waals surface area contributed by atoms with Gasteiger partial charge in [0, 0.05) is 17.9 Å². The van der Waals surface area contributed by atoms with E-state index in [1.54, 1.807) is 7.05 Å². The van der Waals surface area contributed by atoms with E-state index < -0.39 is 5.41 Å². The van der Waals surface area contributed by atoms with Gasteiger partial charge in [-0.15, -0.1) is 0 Å². The number of rotatable bonds is 1. The van der Waals surface area contributed by atoms with Crippen LogP contribution in [-0.2, 0) is 14.3 Å². The molecule has 9 unspecified atom stereocenters. The van der Waals surface area contributed by atoms with Gasteiger partial charge in [-0.1, -0.05) is 66.2 Å². The standard InChI is InChI=1S/C33H46N2O3/c1-28(2)11-13-33(27(37)35-8)14-12-32(7)24(20(33)17-28)25-21(38-25)15-23-30(5)16-19(18-34)26(36)29(3,4)22(30)9-10-31(23,32)6/h15-16,20-22,24-25H,9-14,17H2,1-8H3,(H,35,37). The summed E-state index contributed by atoms with van der Waals surface area (Å²) in [6.07, 6.45) is 11.6. The zero-order valence-electron chi connectivity index (χ0n) is 24.7. The normalized spacial score (nSPS) is 49.8. The number of ketones is 1. The Hall–Kier alpha value is -1.93. The Bertz CT molecular complexity index is 1220. The molecule has 38 heavy (non-hydrogen) atoms. The molecule has 0 radical (unpaired) electrons. The van der Waals surface area contributed by atoms with Crippen LogP contribution in [0.3, 0.4) is 0 Å². The highest BCUT2D eigenvalue weighted by atomic mass is 16.6. The molecular formula is C33H46N2O3. The van der Waals surface area contributed by atoms with Crippen LogP contribution < -0.4 is 5.32 Å². The predicted octanol–water partition coefficient (Wildman–Crippen LogP) is 6.15. The van der Waals surface area contributed by atoms with Crippen LogP contribution in [0.15, 0.2) is 23.3 Å². The monoisotopic (exact) mass is 518 g/mol. The molecule has 4 fully saturated rings. The second kappa shape index (κ2) is 7.62. The molecule has 206 valence electrons. The van der Waals surface area contributed by atoms with Gasteiger partial charge in [-0.05, 0) is 78.9 Å². The third-order valence-electron chi connectivity index (χ3n) is 13.3. The Balaban J connectivity index is 1.52. The molecule has 3 saturated carbocycles. The van der Waals surface area contributed by atoms with Crippen molar-refractivity contribution >= 4 is 11.7 Å². The van der Waals surface area contributed by atoms with E-state index in [0.29, 0.717) is 11.5 Å². The number of nitrogens with zero attached hydrogens (tertiary/aromatic N) is 1. The molecule has 0 aromatic heterocycles. The van der Waals surface area contributed by atoms with Gasteiger partial charge in [0.2, 0.25) is 5.91 Å². The van der Waals surface area contributed by atoms with Crippen molar-refractivity contribution in [2.75, 3.05) is 7.05 Å². The SMILES string of the molecule is CNC(=O)C12CCC(C)(C)CC1C1C3OC3C=C3C4(C)C=C(C#N)C(=O)C(C)(C)C4CCC3(C)C1(C)CC2. The summed E-state index contributed by atoms with van der Waals surface area (Å²) >= 11 is 0. The molecule has 1 amide bonds. The predicted molar refractivity (Wildman–Crippen MR) is 147 cm³/mol. The van der Waals surface area contributed by atoms with Crippen LogP contribution in [0.2, 0.25) is 0 Å². The lowest BCUT2D eigenvalue weighted by Gasteiger charge is -2.67. The fraction of sp³-hybridized carbons (Fsp3) is 0.788. The number of fused-ring (bicyclic) bond motifs is 9. The molecule has 6 aliphatic rings. The molecule has 6 rings (SSSR count). The summed E-state index contributed by atoms with van der Waals surface area (Å²) in [6, 6.07) is 2.26. The Morgan fingerprint density at radius 1 is 1.05 bits per heavy atom. The first-order chi connectivity index (χ1) is 17.6. The molecule has 1 heterocycles. The Labute approximate surface area is 228 Å². The lowest BCUT2D eigenvalue weighted by atomic mass is 9.36. The van der Waals surface area contributed by atoms with E-state index in [4.69, 9.17) is 4.74 Å². The first-order valence-electron chi connectivity index (χ1n) is 14.9. The molecule has 1 aliphatic heterocycles. The number of allylic oxidation sites excluding steroid dienone is 3. The first kappa shape index (κ1) is 26.3. The number of amides is 1. The minimum atomic E-state index is -0.582. The minimum absolute atomic E-state index is 0.0117. The smallest absolute Gasteiger partial charge is 0.226 e. The molecule has 0 bridgehead atoms. The fourth-order valence-corrected chi connectivity index (χ4v) is 11.0. The molecule has 9 atom stereocenters. The van der Waals surface area contributed by atoms with Crippen LogP contribution in [0.1, 0.15) is 93.4 Å². The van der Waals surface area contributed by atoms with Crippen LogP contribution in [-0.4, -0.2) is 30.9 Å². The molecule has 5 heteroatoms. The maximum absolute atomic E-state index is 13.7. The Morgan fingerprint density at radius 2 is 1.74 bits per heavy atom. The van der Waals surface area contributed by atoms with Gasteiger partial charge in [0.25, 0.3) is 0 Å². The van der Waals surface area contributed by atoms with E-state index in [9.17, 15) is 14.9 Å². The van der Waals surface area contributed by atoms with Gasteiger partial charge in [-0.25, -0.2) is 0 Å². The summed E-state index contributed by atoms with van der Waals surface area (Å²) in [7, 11) is 1.81. The fourth-order valence-electron chi connectivity index (χ4n) is 11.0. The average molecular weight is 519 g/mol. The third-order valence-corrected chi connectivity index (χ3v) is 13.3. The number of ether oxygens (including phenoxy) is 1. The highest BCUT2D eigenvalue weighted by molar-refractivity contribution is 6.04. The van der Waals surface area contributed by atoms with Gasteiger partial charge in [0.1, 0.15) is 12.2 Å². The van der Waals surface area contributed by atoms with Crippen molar-refractivity contribution in [3.05, 3.63) is 23.3 Å². The number of hydrogen-bond acceptors (Lipinski definition) is 4. The van der Waals surface area contributed by atoms with Gasteiger partial charge in [-0.2, -0.15) is 5.26 Å². The van der Waals surface area contributed by atoms with Crippen molar-refractivity contribution in [1.29, 1.82) is 5.26 Å². The van der Waals surface area contributed by atoms with Crippen molar-refractivity contribution in [2.24, 2.45) is 50.2 Å². The van der Waals surface area contributed by atoms with Crippen LogP contribution in [0, 0.1) is 61.6 Å². The maximum atomic E-state index is 13.7. The second-order valence-electron chi connectivity index (χ2n) is 15.7. The molecule has 5 aliphatic carbocycles. The lowest BCUT2D eigenvalue weighted by Crippen LogP contribution is -2.64. The van der Waals surface area contributed by atoms with Gasteiger partial charge in [-0.3, -0.25) is 9.59 Å². The summed E-state index contributed by atoms with van der Waals surface area (Å²) in [5, 5.41) is 13.0. The number of epoxide rings is 1. The second-order valence-corrected chi connectivity index (χ2v) is 15.7. The van der Waals surface area contributed by atoms with Crippen LogP contribution in [0.4, 0.5) is 0 Å².